The Labute approximate surface area is 123 Å². The van der Waals surface area contributed by atoms with Crippen molar-refractivity contribution < 1.29 is 4.79 Å². The summed E-state index contributed by atoms with van der Waals surface area (Å²) in [5.41, 5.74) is 3.24. The average Bonchev–Trinajstić information content (AvgIpc) is 2.44. The van der Waals surface area contributed by atoms with Crippen LogP contribution < -0.4 is 5.32 Å². The third-order valence-corrected chi connectivity index (χ3v) is 3.77. The summed E-state index contributed by atoms with van der Waals surface area (Å²) in [7, 11) is 0. The minimum Gasteiger partial charge on any atom is -0.322 e. The fraction of sp³-hybridized carbons (Fsp3) is 0.118. The molecule has 2 rings (SSSR count). The lowest BCUT2D eigenvalue weighted by molar-refractivity contribution is -0.111. The van der Waals surface area contributed by atoms with E-state index in [9.17, 15) is 4.79 Å². The van der Waals surface area contributed by atoms with Crippen LogP contribution in [0.1, 0.15) is 11.1 Å². The monoisotopic (exact) mass is 283 g/mol. The number of aryl methyl sites for hydroxylation is 2. The van der Waals surface area contributed by atoms with Gasteiger partial charge >= 0.3 is 0 Å². The van der Waals surface area contributed by atoms with Crippen LogP contribution in [0.2, 0.25) is 0 Å². The van der Waals surface area contributed by atoms with E-state index in [0.29, 0.717) is 0 Å². The Morgan fingerprint density at radius 2 is 1.85 bits per heavy atom. The van der Waals surface area contributed by atoms with Crippen molar-refractivity contribution >= 4 is 23.4 Å². The first-order valence-electron chi connectivity index (χ1n) is 6.41. The van der Waals surface area contributed by atoms with Crippen LogP contribution >= 0.6 is 11.8 Å². The summed E-state index contributed by atoms with van der Waals surface area (Å²) in [5.74, 6) is -0.117. The number of carbonyl (C=O) groups is 1. The molecule has 0 heterocycles. The number of rotatable bonds is 4. The topological polar surface area (TPSA) is 29.1 Å². The molecule has 0 spiro atoms. The van der Waals surface area contributed by atoms with E-state index >= 15 is 0 Å². The van der Waals surface area contributed by atoms with E-state index in [1.165, 1.54) is 16.0 Å². The van der Waals surface area contributed by atoms with Gasteiger partial charge in [-0.2, -0.15) is 0 Å². The van der Waals surface area contributed by atoms with Crippen LogP contribution in [0.3, 0.4) is 0 Å². The summed E-state index contributed by atoms with van der Waals surface area (Å²) >= 11 is 1.56. The van der Waals surface area contributed by atoms with Gasteiger partial charge < -0.3 is 5.32 Å². The van der Waals surface area contributed by atoms with Gasteiger partial charge in [-0.1, -0.05) is 42.1 Å². The molecule has 0 unspecified atom stereocenters. The van der Waals surface area contributed by atoms with Gasteiger partial charge in [-0.3, -0.25) is 4.79 Å². The van der Waals surface area contributed by atoms with Crippen LogP contribution in [0.4, 0.5) is 5.69 Å². The zero-order chi connectivity index (χ0) is 14.4. The largest absolute Gasteiger partial charge is 0.322 e. The molecule has 0 aliphatic heterocycles. The molecule has 2 nitrogen and oxygen atoms in total. The molecule has 20 heavy (non-hydrogen) atoms. The lowest BCUT2D eigenvalue weighted by Gasteiger charge is -2.03. The van der Waals surface area contributed by atoms with Crippen LogP contribution in [-0.4, -0.2) is 5.91 Å². The molecule has 0 aliphatic rings. The third-order valence-electron chi connectivity index (χ3n) is 2.80. The van der Waals surface area contributed by atoms with Crippen LogP contribution in [0.25, 0.3) is 0 Å². The third kappa shape index (κ3) is 4.28. The van der Waals surface area contributed by atoms with Crippen molar-refractivity contribution in [1.82, 2.24) is 0 Å². The zero-order valence-electron chi connectivity index (χ0n) is 11.6. The summed E-state index contributed by atoms with van der Waals surface area (Å²) < 4.78 is 0. The van der Waals surface area contributed by atoms with Gasteiger partial charge in [-0.05, 0) is 48.6 Å². The molecule has 0 bridgehead atoms. The molecule has 2 aromatic rings. The van der Waals surface area contributed by atoms with Crippen LogP contribution in [0, 0.1) is 13.8 Å². The van der Waals surface area contributed by atoms with E-state index in [4.69, 9.17) is 0 Å². The number of anilines is 1. The van der Waals surface area contributed by atoms with E-state index < -0.39 is 0 Å². The first-order chi connectivity index (χ1) is 9.65. The second-order valence-electron chi connectivity index (χ2n) is 4.54. The number of hydrogen-bond donors (Lipinski definition) is 1. The molecule has 0 aliphatic carbocycles. The molecule has 0 fully saturated rings. The van der Waals surface area contributed by atoms with Crippen molar-refractivity contribution in [2.24, 2.45) is 0 Å². The summed E-state index contributed by atoms with van der Waals surface area (Å²) in [6.07, 6.45) is 1.56. The molecular formula is C17H17NOS. The molecule has 3 heteroatoms. The molecule has 0 saturated carbocycles. The quantitative estimate of drug-likeness (QED) is 0.659. The molecule has 1 amide bonds. The van der Waals surface area contributed by atoms with Gasteiger partial charge in [-0.15, -0.1) is 0 Å². The van der Waals surface area contributed by atoms with Gasteiger partial charge in [0, 0.05) is 16.7 Å². The lowest BCUT2D eigenvalue weighted by atomic mass is 10.2. The maximum atomic E-state index is 11.7. The Morgan fingerprint density at radius 1 is 1.10 bits per heavy atom. The molecule has 0 aromatic heterocycles. The highest BCUT2D eigenvalue weighted by Crippen LogP contribution is 2.24. The van der Waals surface area contributed by atoms with E-state index in [0.717, 1.165) is 5.69 Å². The molecule has 2 aromatic carbocycles. The smallest absolute Gasteiger partial charge is 0.248 e. The second-order valence-corrected chi connectivity index (χ2v) is 5.49. The second kappa shape index (κ2) is 6.96. The minimum atomic E-state index is -0.117. The Balaban J connectivity index is 1.93. The zero-order valence-corrected chi connectivity index (χ0v) is 12.4. The summed E-state index contributed by atoms with van der Waals surface area (Å²) in [5, 5.41) is 4.63. The predicted octanol–water partition coefficient (Wildman–Crippen LogP) is 4.55. The van der Waals surface area contributed by atoms with E-state index in [-0.39, 0.29) is 5.91 Å². The SMILES string of the molecule is Cc1ccc(C)c(S/C=C/C(=O)Nc2ccccc2)c1. The summed E-state index contributed by atoms with van der Waals surface area (Å²) in [6, 6.07) is 15.7. The maximum absolute atomic E-state index is 11.7. The highest BCUT2D eigenvalue weighted by atomic mass is 32.2. The van der Waals surface area contributed by atoms with Gasteiger partial charge in [0.15, 0.2) is 0 Å². The van der Waals surface area contributed by atoms with Crippen molar-refractivity contribution in [3.63, 3.8) is 0 Å². The Kier molecular flexibility index (Phi) is 5.02. The van der Waals surface area contributed by atoms with Crippen molar-refractivity contribution in [2.75, 3.05) is 5.32 Å². The highest BCUT2D eigenvalue weighted by molar-refractivity contribution is 8.02. The number of para-hydroxylation sites is 1. The minimum absolute atomic E-state index is 0.117. The van der Waals surface area contributed by atoms with E-state index in [2.05, 4.69) is 37.4 Å². The Bertz CT molecular complexity index is 620. The number of thioether (sulfide) groups is 1. The van der Waals surface area contributed by atoms with Gasteiger partial charge in [0.2, 0.25) is 5.91 Å². The molecule has 1 N–H and O–H groups in total. The summed E-state index contributed by atoms with van der Waals surface area (Å²) in [6.45, 7) is 4.13. The van der Waals surface area contributed by atoms with Crippen LogP contribution in [0.15, 0.2) is 64.9 Å². The first kappa shape index (κ1) is 14.4. The highest BCUT2D eigenvalue weighted by Gasteiger charge is 1.99. The molecule has 0 radical (unpaired) electrons. The van der Waals surface area contributed by atoms with E-state index in [1.54, 1.807) is 17.8 Å². The van der Waals surface area contributed by atoms with E-state index in [1.807, 2.05) is 35.7 Å². The van der Waals surface area contributed by atoms with Crippen LogP contribution in [-0.2, 0) is 4.79 Å². The molecule has 0 saturated heterocycles. The normalized spacial score (nSPS) is 10.7. The van der Waals surface area contributed by atoms with Gasteiger partial charge in [0.1, 0.15) is 0 Å². The Morgan fingerprint density at radius 3 is 2.60 bits per heavy atom. The van der Waals surface area contributed by atoms with Crippen molar-refractivity contribution in [3.8, 4) is 0 Å². The van der Waals surface area contributed by atoms with Crippen molar-refractivity contribution in [3.05, 3.63) is 71.1 Å². The fourth-order valence-corrected chi connectivity index (χ4v) is 2.55. The van der Waals surface area contributed by atoms with Gasteiger partial charge in [0.05, 0.1) is 0 Å². The number of benzene rings is 2. The lowest BCUT2D eigenvalue weighted by Crippen LogP contribution is -2.07. The Hall–Kier alpha value is -2.00. The molecule has 102 valence electrons. The van der Waals surface area contributed by atoms with Crippen LogP contribution in [0.5, 0.6) is 0 Å². The van der Waals surface area contributed by atoms with Crippen molar-refractivity contribution in [2.45, 2.75) is 18.7 Å². The van der Waals surface area contributed by atoms with Crippen molar-refractivity contribution in [1.29, 1.82) is 0 Å². The number of nitrogens with one attached hydrogen (secondary N) is 1. The number of hydrogen-bond acceptors (Lipinski definition) is 2. The fourth-order valence-electron chi connectivity index (χ4n) is 1.71. The van der Waals surface area contributed by atoms with Gasteiger partial charge in [0.25, 0.3) is 0 Å². The summed E-state index contributed by atoms with van der Waals surface area (Å²) in [4.78, 5) is 12.9. The molecule has 0 atom stereocenters. The number of amides is 1. The first-order valence-corrected chi connectivity index (χ1v) is 7.29. The number of carbonyl (C=O) groups excluding carboxylic acids is 1. The standard InChI is InChI=1S/C17H17NOS/c1-13-8-9-14(2)16(12-13)20-11-10-17(19)18-15-6-4-3-5-7-15/h3-12H,1-2H3,(H,18,19)/b11-10+. The van der Waals surface area contributed by atoms with Gasteiger partial charge in [-0.25, -0.2) is 0 Å². The predicted molar refractivity (Wildman–Crippen MR) is 86.0 cm³/mol. The molecular weight excluding hydrogens is 266 g/mol. The maximum Gasteiger partial charge on any atom is 0.248 e. The average molecular weight is 283 g/mol.